The first-order valence-corrected chi connectivity index (χ1v) is 5.16. The molecule has 0 aromatic carbocycles. The van der Waals surface area contributed by atoms with Gasteiger partial charge in [0.05, 0.1) is 0 Å². The monoisotopic (exact) mass is 198 g/mol. The van der Waals surface area contributed by atoms with Gasteiger partial charge in [-0.2, -0.15) is 0 Å². The molecule has 3 rings (SSSR count). The molecule has 4 atom stereocenters. The molecule has 78 valence electrons. The molecule has 2 unspecified atom stereocenters. The molecule has 0 aliphatic carbocycles. The second-order valence-corrected chi connectivity index (χ2v) is 4.49. The highest BCUT2D eigenvalue weighted by molar-refractivity contribution is 5.56. The number of hydroxylamine groups is 2. The third-order valence-electron chi connectivity index (χ3n) is 3.84. The molecule has 5 nitrogen and oxygen atoms in total. The lowest BCUT2D eigenvalue weighted by Gasteiger charge is -2.19. The molecule has 0 spiro atoms. The molecule has 5 heteroatoms. The van der Waals surface area contributed by atoms with Crippen molar-refractivity contribution in [3.63, 3.8) is 0 Å². The Kier molecular flexibility index (Phi) is 1.72. The van der Waals surface area contributed by atoms with Crippen molar-refractivity contribution in [3.05, 3.63) is 0 Å². The van der Waals surface area contributed by atoms with E-state index in [0.29, 0.717) is 23.9 Å². The van der Waals surface area contributed by atoms with Crippen molar-refractivity contribution in [1.29, 1.82) is 0 Å². The molecule has 3 heterocycles. The van der Waals surface area contributed by atoms with E-state index < -0.39 is 6.16 Å². The summed E-state index contributed by atoms with van der Waals surface area (Å²) >= 11 is 0. The number of carbonyl (C=O) groups is 1. The fraction of sp³-hybridized carbons (Fsp3) is 0.889. The zero-order valence-electron chi connectivity index (χ0n) is 7.85. The molecular formula is C9H14N2O3. The van der Waals surface area contributed by atoms with Crippen molar-refractivity contribution in [1.82, 2.24) is 10.4 Å². The first kappa shape index (κ1) is 8.49. The minimum Gasteiger partial charge on any atom is -0.448 e. The van der Waals surface area contributed by atoms with Gasteiger partial charge in [-0.05, 0) is 24.7 Å². The van der Waals surface area contributed by atoms with Gasteiger partial charge in [0.25, 0.3) is 0 Å². The van der Waals surface area contributed by atoms with Crippen LogP contribution in [0.5, 0.6) is 0 Å². The van der Waals surface area contributed by atoms with Gasteiger partial charge in [-0.1, -0.05) is 0 Å². The predicted octanol–water partition coefficient (Wildman–Crippen LogP) is 0.278. The minimum atomic E-state index is -1.19. The Balaban J connectivity index is 1.68. The van der Waals surface area contributed by atoms with Crippen LogP contribution in [-0.4, -0.2) is 41.5 Å². The van der Waals surface area contributed by atoms with E-state index in [-0.39, 0.29) is 0 Å². The molecule has 3 fully saturated rings. The fourth-order valence-electron chi connectivity index (χ4n) is 3.33. The zero-order valence-corrected chi connectivity index (χ0v) is 7.85. The summed E-state index contributed by atoms with van der Waals surface area (Å²) in [4.78, 5) is 15.1. The van der Waals surface area contributed by atoms with Gasteiger partial charge >= 0.3 is 6.16 Å². The molecular weight excluding hydrogens is 184 g/mol. The van der Waals surface area contributed by atoms with Crippen LogP contribution in [0, 0.1) is 11.8 Å². The summed E-state index contributed by atoms with van der Waals surface area (Å²) in [6.45, 7) is 1.54. The number of hydrogen-bond acceptors (Lipinski definition) is 4. The van der Waals surface area contributed by atoms with Gasteiger partial charge in [0.2, 0.25) is 0 Å². The third kappa shape index (κ3) is 1.12. The van der Waals surface area contributed by atoms with Crippen molar-refractivity contribution in [2.75, 3.05) is 13.1 Å². The van der Waals surface area contributed by atoms with Gasteiger partial charge in [-0.3, -0.25) is 0 Å². The highest BCUT2D eigenvalue weighted by Crippen LogP contribution is 2.42. The molecule has 2 N–H and O–H groups in total. The lowest BCUT2D eigenvalue weighted by Crippen LogP contribution is -2.32. The molecule has 14 heavy (non-hydrogen) atoms. The Morgan fingerprint density at radius 3 is 2.36 bits per heavy atom. The van der Waals surface area contributed by atoms with Crippen LogP contribution in [0.2, 0.25) is 0 Å². The molecule has 0 radical (unpaired) electrons. The van der Waals surface area contributed by atoms with Gasteiger partial charge in [-0.15, -0.1) is 5.06 Å². The number of fused-ring (bicyclic) bond motifs is 5. The second kappa shape index (κ2) is 2.84. The Morgan fingerprint density at radius 1 is 1.29 bits per heavy atom. The van der Waals surface area contributed by atoms with Crippen LogP contribution in [0.4, 0.5) is 4.79 Å². The van der Waals surface area contributed by atoms with Crippen molar-refractivity contribution < 1.29 is 14.7 Å². The molecule has 2 bridgehead atoms. The average Bonchev–Trinajstić information content (AvgIpc) is 2.69. The first-order chi connectivity index (χ1) is 6.74. The Morgan fingerprint density at radius 2 is 1.86 bits per heavy atom. The normalized spacial score (nSPS) is 45.4. The summed E-state index contributed by atoms with van der Waals surface area (Å²) in [7, 11) is 0. The van der Waals surface area contributed by atoms with Crippen LogP contribution in [-0.2, 0) is 4.84 Å². The molecule has 0 aromatic rings. The van der Waals surface area contributed by atoms with Crippen LogP contribution in [0.25, 0.3) is 0 Å². The molecule has 3 aliphatic heterocycles. The van der Waals surface area contributed by atoms with E-state index in [1.54, 1.807) is 5.06 Å². The van der Waals surface area contributed by atoms with E-state index in [1.807, 2.05) is 0 Å². The lowest BCUT2D eigenvalue weighted by molar-refractivity contribution is -0.108. The smallest absolute Gasteiger partial charge is 0.448 e. The van der Waals surface area contributed by atoms with Crippen LogP contribution in [0.15, 0.2) is 0 Å². The summed E-state index contributed by atoms with van der Waals surface area (Å²) in [6, 6.07) is 1.21. The van der Waals surface area contributed by atoms with E-state index in [4.69, 9.17) is 9.94 Å². The van der Waals surface area contributed by atoms with Gasteiger partial charge in [0.15, 0.2) is 0 Å². The van der Waals surface area contributed by atoms with Crippen LogP contribution < -0.4 is 5.32 Å². The Labute approximate surface area is 82.0 Å². The quantitative estimate of drug-likeness (QED) is 0.633. The largest absolute Gasteiger partial charge is 0.525 e. The summed E-state index contributed by atoms with van der Waals surface area (Å²) in [5.74, 6) is 1.21. The molecule has 3 saturated heterocycles. The standard InChI is InChI=1S/C9H14N2O3/c12-9(13)14-11-3-5-6(4-11)8-2-1-7(5)10-8/h5-8,10H,1-4H2,(H,12,13)/t5-,6+,7?,8?. The van der Waals surface area contributed by atoms with E-state index in [2.05, 4.69) is 5.32 Å². The number of hydrogen-bond donors (Lipinski definition) is 2. The number of carboxylic acid groups (broad SMARTS) is 1. The summed E-state index contributed by atoms with van der Waals surface area (Å²) in [5.41, 5.74) is 0. The number of rotatable bonds is 1. The average molecular weight is 198 g/mol. The van der Waals surface area contributed by atoms with Gasteiger partial charge < -0.3 is 15.3 Å². The molecule has 0 amide bonds. The maximum atomic E-state index is 10.4. The highest BCUT2D eigenvalue weighted by Gasteiger charge is 2.52. The van der Waals surface area contributed by atoms with Gasteiger partial charge in [-0.25, -0.2) is 4.79 Å². The van der Waals surface area contributed by atoms with Gasteiger partial charge in [0, 0.05) is 25.2 Å². The van der Waals surface area contributed by atoms with Crippen molar-refractivity contribution >= 4 is 6.16 Å². The van der Waals surface area contributed by atoms with Gasteiger partial charge in [0.1, 0.15) is 0 Å². The topological polar surface area (TPSA) is 61.8 Å². The van der Waals surface area contributed by atoms with E-state index in [9.17, 15) is 4.79 Å². The van der Waals surface area contributed by atoms with Crippen LogP contribution in [0.3, 0.4) is 0 Å². The minimum absolute atomic E-state index is 0.604. The van der Waals surface area contributed by atoms with Crippen molar-refractivity contribution in [3.8, 4) is 0 Å². The second-order valence-electron chi connectivity index (χ2n) is 4.49. The van der Waals surface area contributed by atoms with Crippen molar-refractivity contribution in [2.45, 2.75) is 24.9 Å². The van der Waals surface area contributed by atoms with Crippen LogP contribution in [0.1, 0.15) is 12.8 Å². The van der Waals surface area contributed by atoms with E-state index >= 15 is 0 Å². The Hall–Kier alpha value is -0.810. The number of nitrogens with zero attached hydrogens (tertiary/aromatic N) is 1. The fourth-order valence-corrected chi connectivity index (χ4v) is 3.33. The Bertz CT molecular complexity index is 253. The zero-order chi connectivity index (χ0) is 9.71. The molecule has 0 aromatic heterocycles. The maximum absolute atomic E-state index is 10.4. The first-order valence-electron chi connectivity index (χ1n) is 5.16. The summed E-state index contributed by atoms with van der Waals surface area (Å²) in [6.07, 6.45) is 1.30. The highest BCUT2D eigenvalue weighted by atomic mass is 16.8. The van der Waals surface area contributed by atoms with Crippen molar-refractivity contribution in [2.24, 2.45) is 11.8 Å². The van der Waals surface area contributed by atoms with E-state index in [0.717, 1.165) is 13.1 Å². The maximum Gasteiger partial charge on any atom is 0.525 e. The lowest BCUT2D eigenvalue weighted by atomic mass is 9.82. The SMILES string of the molecule is O=C(O)ON1C[C@@H]2C3CCC(N3)[C@@H]2C1. The summed E-state index contributed by atoms with van der Waals surface area (Å²) in [5, 5.41) is 13.7. The van der Waals surface area contributed by atoms with E-state index in [1.165, 1.54) is 12.8 Å². The summed E-state index contributed by atoms with van der Waals surface area (Å²) < 4.78 is 0. The third-order valence-corrected chi connectivity index (χ3v) is 3.84. The number of nitrogens with one attached hydrogen (secondary N) is 1. The molecule has 3 aliphatic rings. The van der Waals surface area contributed by atoms with Crippen LogP contribution >= 0.6 is 0 Å². The molecule has 0 saturated carbocycles. The predicted molar refractivity (Wildman–Crippen MR) is 47.6 cm³/mol.